The third-order valence-electron chi connectivity index (χ3n) is 6.60. The maximum Gasteiger partial charge on any atom is 0.259 e. The monoisotopic (exact) mass is 434 g/mol. The molecule has 1 fully saturated rings. The largest absolute Gasteiger partial charge is 0.361 e. The first-order valence-corrected chi connectivity index (χ1v) is 10.7. The van der Waals surface area contributed by atoms with E-state index in [2.05, 4.69) is 25.7 Å². The lowest BCUT2D eigenvalue weighted by atomic mass is 9.88. The first-order valence-electron chi connectivity index (χ1n) is 10.7. The van der Waals surface area contributed by atoms with Crippen LogP contribution in [-0.4, -0.2) is 70.1 Å². The summed E-state index contributed by atoms with van der Waals surface area (Å²) < 4.78 is 7.31. The Labute approximate surface area is 186 Å². The van der Waals surface area contributed by atoms with E-state index < -0.39 is 5.54 Å². The lowest BCUT2D eigenvalue weighted by Gasteiger charge is -2.46. The molecule has 1 spiro atoms. The fourth-order valence-corrected chi connectivity index (χ4v) is 4.95. The molecule has 2 amide bonds. The van der Waals surface area contributed by atoms with Gasteiger partial charge in [0.1, 0.15) is 16.9 Å². The third kappa shape index (κ3) is 2.84. The molecule has 32 heavy (non-hydrogen) atoms. The van der Waals surface area contributed by atoms with Crippen LogP contribution < -0.4 is 4.90 Å². The van der Waals surface area contributed by atoms with Crippen LogP contribution in [0, 0.1) is 13.8 Å². The van der Waals surface area contributed by atoms with E-state index in [1.165, 1.54) is 0 Å². The fourth-order valence-electron chi connectivity index (χ4n) is 4.95. The number of pyridine rings is 1. The molecule has 0 unspecified atom stereocenters. The Morgan fingerprint density at radius 2 is 2.03 bits per heavy atom. The second kappa shape index (κ2) is 7.22. The molecule has 3 aromatic rings. The second-order valence-electron chi connectivity index (χ2n) is 8.69. The van der Waals surface area contributed by atoms with E-state index in [1.54, 1.807) is 39.0 Å². The van der Waals surface area contributed by atoms with Crippen molar-refractivity contribution in [3.63, 3.8) is 0 Å². The zero-order valence-electron chi connectivity index (χ0n) is 18.7. The van der Waals surface area contributed by atoms with Gasteiger partial charge in [0.25, 0.3) is 5.91 Å². The molecule has 166 valence electrons. The minimum Gasteiger partial charge on any atom is -0.361 e. The molecule has 0 aliphatic carbocycles. The molecule has 1 saturated heterocycles. The Morgan fingerprint density at radius 3 is 2.75 bits per heavy atom. The zero-order chi connectivity index (χ0) is 22.6. The molecule has 3 aromatic heterocycles. The van der Waals surface area contributed by atoms with Gasteiger partial charge in [-0.05, 0) is 44.5 Å². The van der Waals surface area contributed by atoms with Crippen LogP contribution in [0.15, 0.2) is 41.2 Å². The van der Waals surface area contributed by atoms with Crippen molar-refractivity contribution < 1.29 is 14.1 Å². The van der Waals surface area contributed by atoms with E-state index in [0.29, 0.717) is 36.5 Å². The molecule has 9 nitrogen and oxygen atoms in total. The van der Waals surface area contributed by atoms with Crippen molar-refractivity contribution in [2.75, 3.05) is 38.6 Å². The Bertz CT molecular complexity index is 1190. The molecule has 0 bridgehead atoms. The standard InChI is InChI=1S/C23H26N6O3/c1-15-20(16(2)32-25-15)22(31)27-12-9-23(14-27)18-8-6-11-28(18)21-17(7-5-10-24-21)29(23)13-19(30)26(3)4/h5-8,10-11H,9,12-14H2,1-4H3/t23-/m1/s1. The molecule has 2 aliphatic heterocycles. The van der Waals surface area contributed by atoms with Crippen LogP contribution in [-0.2, 0) is 10.3 Å². The van der Waals surface area contributed by atoms with Crippen molar-refractivity contribution in [1.29, 1.82) is 0 Å². The van der Waals surface area contributed by atoms with Gasteiger partial charge in [0, 0.05) is 39.6 Å². The van der Waals surface area contributed by atoms with Crippen molar-refractivity contribution in [1.82, 2.24) is 24.5 Å². The summed E-state index contributed by atoms with van der Waals surface area (Å²) in [7, 11) is 3.52. The number of carbonyl (C=O) groups excluding carboxylic acids is 2. The predicted molar refractivity (Wildman–Crippen MR) is 118 cm³/mol. The number of likely N-dealkylation sites (tertiary alicyclic amines) is 1. The van der Waals surface area contributed by atoms with Gasteiger partial charge >= 0.3 is 0 Å². The van der Waals surface area contributed by atoms with Gasteiger partial charge in [-0.1, -0.05) is 5.16 Å². The number of fused-ring (bicyclic) bond motifs is 4. The Hall–Kier alpha value is -3.62. The lowest BCUT2D eigenvalue weighted by Crippen LogP contribution is -2.55. The molecular weight excluding hydrogens is 408 g/mol. The second-order valence-corrected chi connectivity index (χ2v) is 8.69. The summed E-state index contributed by atoms with van der Waals surface area (Å²) in [5.41, 5.74) is 2.49. The van der Waals surface area contributed by atoms with Crippen molar-refractivity contribution in [3.8, 4) is 5.82 Å². The summed E-state index contributed by atoms with van der Waals surface area (Å²) >= 11 is 0. The summed E-state index contributed by atoms with van der Waals surface area (Å²) in [6.07, 6.45) is 4.45. The quantitative estimate of drug-likeness (QED) is 0.628. The maximum atomic E-state index is 13.4. The highest BCUT2D eigenvalue weighted by Crippen LogP contribution is 2.47. The molecule has 0 saturated carbocycles. The van der Waals surface area contributed by atoms with E-state index in [-0.39, 0.29) is 18.4 Å². The van der Waals surface area contributed by atoms with E-state index in [0.717, 1.165) is 17.2 Å². The molecule has 0 N–H and O–H groups in total. The number of hydrogen-bond donors (Lipinski definition) is 0. The number of nitrogens with zero attached hydrogens (tertiary/aromatic N) is 6. The molecule has 0 aromatic carbocycles. The van der Waals surface area contributed by atoms with Gasteiger partial charge in [-0.15, -0.1) is 0 Å². The van der Waals surface area contributed by atoms with Crippen LogP contribution in [0.5, 0.6) is 0 Å². The van der Waals surface area contributed by atoms with Gasteiger partial charge in [-0.3, -0.25) is 9.59 Å². The number of aromatic nitrogens is 3. The molecule has 0 radical (unpaired) electrons. The number of anilines is 1. The van der Waals surface area contributed by atoms with E-state index >= 15 is 0 Å². The SMILES string of the molecule is Cc1noc(C)c1C(=O)N1CC[C@@]2(C1)c1cccn1-c1ncccc1N2CC(=O)N(C)C. The Balaban J connectivity index is 1.60. The third-order valence-corrected chi connectivity index (χ3v) is 6.60. The molecule has 5 heterocycles. The van der Waals surface area contributed by atoms with Crippen LogP contribution in [0.3, 0.4) is 0 Å². The first-order chi connectivity index (χ1) is 15.3. The number of amides is 2. The summed E-state index contributed by atoms with van der Waals surface area (Å²) in [4.78, 5) is 36.5. The van der Waals surface area contributed by atoms with Crippen LogP contribution in [0.2, 0.25) is 0 Å². The number of aryl methyl sites for hydroxylation is 2. The highest BCUT2D eigenvalue weighted by molar-refractivity contribution is 5.96. The zero-order valence-corrected chi connectivity index (χ0v) is 18.7. The summed E-state index contributed by atoms with van der Waals surface area (Å²) in [6, 6.07) is 7.94. The normalized spacial score (nSPS) is 19.2. The molecule has 1 atom stereocenters. The predicted octanol–water partition coefficient (Wildman–Crippen LogP) is 2.13. The lowest BCUT2D eigenvalue weighted by molar-refractivity contribution is -0.127. The van der Waals surface area contributed by atoms with Gasteiger partial charge < -0.3 is 23.8 Å². The average molecular weight is 435 g/mol. The topological polar surface area (TPSA) is 87.7 Å². The fraction of sp³-hybridized carbons (Fsp3) is 0.391. The minimum absolute atomic E-state index is 0.00492. The van der Waals surface area contributed by atoms with Crippen LogP contribution in [0.4, 0.5) is 5.69 Å². The molecule has 2 aliphatic rings. The highest BCUT2D eigenvalue weighted by Gasteiger charge is 2.51. The van der Waals surface area contributed by atoms with Crippen molar-refractivity contribution in [3.05, 3.63) is 59.4 Å². The molecule has 5 rings (SSSR count). The average Bonchev–Trinajstić information content (AvgIpc) is 3.50. The minimum atomic E-state index is -0.542. The first kappa shape index (κ1) is 20.3. The van der Waals surface area contributed by atoms with Gasteiger partial charge in [0.15, 0.2) is 5.82 Å². The number of rotatable bonds is 3. The van der Waals surface area contributed by atoms with Crippen molar-refractivity contribution >= 4 is 17.5 Å². The van der Waals surface area contributed by atoms with Crippen molar-refractivity contribution in [2.45, 2.75) is 25.8 Å². The summed E-state index contributed by atoms with van der Waals surface area (Å²) in [5.74, 6) is 1.22. The van der Waals surface area contributed by atoms with Crippen LogP contribution in [0.1, 0.15) is 33.9 Å². The van der Waals surface area contributed by atoms with E-state index in [9.17, 15) is 9.59 Å². The number of carbonyl (C=O) groups is 2. The van der Waals surface area contributed by atoms with Gasteiger partial charge in [-0.25, -0.2) is 4.98 Å². The summed E-state index contributed by atoms with van der Waals surface area (Å²) in [6.45, 7) is 4.76. The van der Waals surface area contributed by atoms with Gasteiger partial charge in [0.2, 0.25) is 5.91 Å². The number of hydrogen-bond acceptors (Lipinski definition) is 6. The van der Waals surface area contributed by atoms with Crippen molar-refractivity contribution in [2.24, 2.45) is 0 Å². The van der Waals surface area contributed by atoms with Gasteiger partial charge in [-0.2, -0.15) is 0 Å². The van der Waals surface area contributed by atoms with Gasteiger partial charge in [0.05, 0.1) is 23.6 Å². The Morgan fingerprint density at radius 1 is 1.22 bits per heavy atom. The maximum absolute atomic E-state index is 13.4. The Kier molecular flexibility index (Phi) is 4.58. The molecule has 9 heteroatoms. The van der Waals surface area contributed by atoms with Crippen LogP contribution >= 0.6 is 0 Å². The van der Waals surface area contributed by atoms with E-state index in [1.807, 2.05) is 29.3 Å². The number of likely N-dealkylation sites (N-methyl/N-ethyl adjacent to an activating group) is 1. The highest BCUT2D eigenvalue weighted by atomic mass is 16.5. The van der Waals surface area contributed by atoms with E-state index in [4.69, 9.17) is 4.52 Å². The summed E-state index contributed by atoms with van der Waals surface area (Å²) in [5, 5.41) is 3.95. The molecular formula is C23H26N6O3. The smallest absolute Gasteiger partial charge is 0.259 e. The van der Waals surface area contributed by atoms with Crippen LogP contribution in [0.25, 0.3) is 5.82 Å².